The fraction of sp³-hybridized carbons (Fsp3) is 0.263. The van der Waals surface area contributed by atoms with Crippen LogP contribution in [-0.4, -0.2) is 34.3 Å². The summed E-state index contributed by atoms with van der Waals surface area (Å²) in [7, 11) is 0. The number of carboxylic acids is 2. The van der Waals surface area contributed by atoms with Gasteiger partial charge in [-0.2, -0.15) is 0 Å². The Labute approximate surface area is 145 Å². The van der Waals surface area contributed by atoms with Gasteiger partial charge in [-0.25, -0.2) is 4.79 Å². The normalized spacial score (nSPS) is 13.0. The first-order valence-electron chi connectivity index (χ1n) is 7.96. The van der Waals surface area contributed by atoms with E-state index in [2.05, 4.69) is 12.1 Å². The Hall–Kier alpha value is -2.86. The topological polar surface area (TPSA) is 110 Å². The summed E-state index contributed by atoms with van der Waals surface area (Å²) in [6, 6.07) is 15.9. The van der Waals surface area contributed by atoms with Gasteiger partial charge in [0.1, 0.15) is 11.8 Å². The lowest BCUT2D eigenvalue weighted by atomic mass is 10.0. The van der Waals surface area contributed by atoms with Crippen LogP contribution in [0.25, 0.3) is 0 Å². The van der Waals surface area contributed by atoms with E-state index < -0.39 is 24.1 Å². The molecule has 0 aliphatic carbocycles. The van der Waals surface area contributed by atoms with Gasteiger partial charge in [-0.1, -0.05) is 42.5 Å². The van der Waals surface area contributed by atoms with Gasteiger partial charge in [0.05, 0.1) is 0 Å². The third-order valence-electron chi connectivity index (χ3n) is 3.81. The van der Waals surface area contributed by atoms with Gasteiger partial charge in [0.15, 0.2) is 6.10 Å². The third kappa shape index (κ3) is 5.93. The van der Waals surface area contributed by atoms with Crippen LogP contribution in [0.1, 0.15) is 17.5 Å². The largest absolute Gasteiger partial charge is 0.480 e. The lowest BCUT2D eigenvalue weighted by molar-refractivity contribution is -0.146. The quantitative estimate of drug-likeness (QED) is 0.643. The summed E-state index contributed by atoms with van der Waals surface area (Å²) in [4.78, 5) is 22.0. The van der Waals surface area contributed by atoms with E-state index in [0.29, 0.717) is 5.75 Å². The second kappa shape index (κ2) is 8.84. The van der Waals surface area contributed by atoms with E-state index in [9.17, 15) is 9.59 Å². The zero-order valence-corrected chi connectivity index (χ0v) is 13.7. The molecular weight excluding hydrogens is 322 g/mol. The van der Waals surface area contributed by atoms with Crippen molar-refractivity contribution >= 4 is 11.9 Å². The molecule has 0 fully saturated rings. The van der Waals surface area contributed by atoms with Gasteiger partial charge in [0.25, 0.3) is 0 Å². The van der Waals surface area contributed by atoms with Gasteiger partial charge in [0, 0.05) is 6.42 Å². The molecule has 1 unspecified atom stereocenters. The number of aryl methyl sites for hydroxylation is 2. The van der Waals surface area contributed by atoms with Gasteiger partial charge < -0.3 is 20.7 Å². The van der Waals surface area contributed by atoms with Gasteiger partial charge >= 0.3 is 11.9 Å². The molecule has 0 saturated carbocycles. The van der Waals surface area contributed by atoms with E-state index in [4.69, 9.17) is 20.7 Å². The number of carbonyl (C=O) groups is 2. The first-order valence-corrected chi connectivity index (χ1v) is 7.96. The molecule has 4 N–H and O–H groups in total. The van der Waals surface area contributed by atoms with Crippen LogP contribution in [-0.2, 0) is 22.4 Å². The number of carboxylic acid groups (broad SMARTS) is 2. The number of aliphatic carboxylic acids is 2. The molecule has 0 spiro atoms. The van der Waals surface area contributed by atoms with Crippen LogP contribution in [0, 0.1) is 0 Å². The number of hydrogen-bond acceptors (Lipinski definition) is 4. The highest BCUT2D eigenvalue weighted by Crippen LogP contribution is 2.17. The van der Waals surface area contributed by atoms with Crippen molar-refractivity contribution in [2.75, 3.05) is 0 Å². The monoisotopic (exact) mass is 343 g/mol. The molecule has 2 rings (SSSR count). The first-order chi connectivity index (χ1) is 12.0. The summed E-state index contributed by atoms with van der Waals surface area (Å²) in [5.41, 5.74) is 7.73. The average molecular weight is 343 g/mol. The maximum Gasteiger partial charge on any atom is 0.344 e. The molecule has 2 atom stereocenters. The summed E-state index contributed by atoms with van der Waals surface area (Å²) in [5.74, 6) is -2.13. The van der Waals surface area contributed by atoms with Crippen molar-refractivity contribution in [2.45, 2.75) is 31.4 Å². The highest BCUT2D eigenvalue weighted by molar-refractivity contribution is 5.77. The molecule has 0 amide bonds. The lowest BCUT2D eigenvalue weighted by Gasteiger charge is -2.17. The Kier molecular flexibility index (Phi) is 6.54. The third-order valence-corrected chi connectivity index (χ3v) is 3.81. The second-order valence-electron chi connectivity index (χ2n) is 5.75. The second-order valence-corrected chi connectivity index (χ2v) is 5.75. The van der Waals surface area contributed by atoms with Crippen molar-refractivity contribution in [3.8, 4) is 5.75 Å². The van der Waals surface area contributed by atoms with Crippen molar-refractivity contribution < 1.29 is 24.5 Å². The molecular formula is C19H21NO5. The highest BCUT2D eigenvalue weighted by atomic mass is 16.5. The number of nitrogens with two attached hydrogens (primary N) is 1. The van der Waals surface area contributed by atoms with Crippen molar-refractivity contribution in [3.63, 3.8) is 0 Å². The molecule has 6 heteroatoms. The molecule has 0 bridgehead atoms. The maximum atomic E-state index is 11.2. The van der Waals surface area contributed by atoms with E-state index in [0.717, 1.165) is 18.4 Å². The molecule has 132 valence electrons. The minimum Gasteiger partial charge on any atom is -0.480 e. The number of hydrogen-bond donors (Lipinski definition) is 3. The summed E-state index contributed by atoms with van der Waals surface area (Å²) in [5, 5.41) is 18.0. The summed E-state index contributed by atoms with van der Waals surface area (Å²) in [6.07, 6.45) is 0.157. The Morgan fingerprint density at radius 2 is 1.44 bits per heavy atom. The Balaban J connectivity index is 1.93. The van der Waals surface area contributed by atoms with Crippen LogP contribution < -0.4 is 10.5 Å². The number of ether oxygens (including phenoxy) is 1. The molecule has 2 aromatic rings. The fourth-order valence-electron chi connectivity index (χ4n) is 2.36. The number of benzene rings is 2. The van der Waals surface area contributed by atoms with E-state index in [-0.39, 0.29) is 6.42 Å². The minimum absolute atomic E-state index is 0.305. The summed E-state index contributed by atoms with van der Waals surface area (Å²) < 4.78 is 5.37. The maximum absolute atomic E-state index is 11.2. The molecule has 0 heterocycles. The van der Waals surface area contributed by atoms with Crippen molar-refractivity contribution in [3.05, 3.63) is 65.7 Å². The van der Waals surface area contributed by atoms with Crippen LogP contribution in [0.2, 0.25) is 0 Å². The van der Waals surface area contributed by atoms with E-state index >= 15 is 0 Å². The molecule has 0 radical (unpaired) electrons. The van der Waals surface area contributed by atoms with Gasteiger partial charge in [0.2, 0.25) is 0 Å². The fourth-order valence-corrected chi connectivity index (χ4v) is 2.36. The molecule has 0 aromatic heterocycles. The van der Waals surface area contributed by atoms with Crippen LogP contribution in [0.4, 0.5) is 0 Å². The van der Waals surface area contributed by atoms with Gasteiger partial charge in [-0.3, -0.25) is 4.79 Å². The molecule has 25 heavy (non-hydrogen) atoms. The highest BCUT2D eigenvalue weighted by Gasteiger charge is 2.26. The Bertz CT molecular complexity index is 700. The van der Waals surface area contributed by atoms with Gasteiger partial charge in [-0.05, 0) is 36.1 Å². The summed E-state index contributed by atoms with van der Waals surface area (Å²) >= 11 is 0. The van der Waals surface area contributed by atoms with Crippen LogP contribution in [0.15, 0.2) is 54.6 Å². The summed E-state index contributed by atoms with van der Waals surface area (Å²) in [6.45, 7) is 0. The zero-order valence-electron chi connectivity index (χ0n) is 13.7. The zero-order chi connectivity index (χ0) is 18.2. The first kappa shape index (κ1) is 18.5. The van der Waals surface area contributed by atoms with Gasteiger partial charge in [-0.15, -0.1) is 0 Å². The molecule has 6 nitrogen and oxygen atoms in total. The smallest absolute Gasteiger partial charge is 0.344 e. The predicted molar refractivity (Wildman–Crippen MR) is 92.6 cm³/mol. The van der Waals surface area contributed by atoms with Crippen molar-refractivity contribution in [2.24, 2.45) is 5.73 Å². The van der Waals surface area contributed by atoms with E-state index in [1.807, 2.05) is 30.3 Å². The van der Waals surface area contributed by atoms with Crippen LogP contribution in [0.3, 0.4) is 0 Å². The van der Waals surface area contributed by atoms with Crippen LogP contribution >= 0.6 is 0 Å². The molecule has 2 aromatic carbocycles. The minimum atomic E-state index is -1.30. The van der Waals surface area contributed by atoms with E-state index in [1.54, 1.807) is 12.1 Å². The Morgan fingerprint density at radius 1 is 0.880 bits per heavy atom. The number of rotatable bonds is 9. The molecule has 0 aliphatic heterocycles. The molecule has 0 aliphatic rings. The average Bonchev–Trinajstić information content (AvgIpc) is 2.61. The molecule has 0 saturated heterocycles. The van der Waals surface area contributed by atoms with Crippen LogP contribution in [0.5, 0.6) is 5.75 Å². The van der Waals surface area contributed by atoms with E-state index in [1.165, 1.54) is 5.56 Å². The Morgan fingerprint density at radius 3 is 1.96 bits per heavy atom. The SMILES string of the molecule is N[C@@H](CC(Oc1ccc(CCc2ccccc2)cc1)C(=O)O)C(=O)O. The lowest BCUT2D eigenvalue weighted by Crippen LogP contribution is -2.39. The van der Waals surface area contributed by atoms with Crippen molar-refractivity contribution in [1.29, 1.82) is 0 Å². The predicted octanol–water partition coefficient (Wildman–Crippen LogP) is 2.11. The van der Waals surface area contributed by atoms with Crippen molar-refractivity contribution in [1.82, 2.24) is 0 Å². The standard InChI is InChI=1S/C19H21NO5/c20-16(18(21)22)12-17(19(23)24)25-15-10-8-14(9-11-15)7-6-13-4-2-1-3-5-13/h1-5,8-11,16-17H,6-7,12,20H2,(H,21,22)(H,23,24)/t16-,17?/m0/s1.